The second kappa shape index (κ2) is 7.45. The number of phenolic OH excluding ortho intramolecular Hbond substituents is 1. The molecule has 2 heterocycles. The van der Waals surface area contributed by atoms with E-state index in [1.807, 2.05) is 11.8 Å². The lowest BCUT2D eigenvalue weighted by Gasteiger charge is -2.26. The van der Waals surface area contributed by atoms with Crippen molar-refractivity contribution in [3.05, 3.63) is 33.9 Å². The van der Waals surface area contributed by atoms with Crippen LogP contribution in [0.25, 0.3) is 10.9 Å². The maximum Gasteiger partial charge on any atom is 0.341 e. The minimum Gasteiger partial charge on any atom is -0.504 e. The lowest BCUT2D eigenvalue weighted by Crippen LogP contribution is -2.41. The van der Waals surface area contributed by atoms with Gasteiger partial charge in [0.25, 0.3) is 0 Å². The molecule has 172 valence electrons. The number of aliphatic hydroxyl groups is 1. The van der Waals surface area contributed by atoms with E-state index in [1.54, 1.807) is 4.57 Å². The molecule has 0 bridgehead atoms. The molecule has 32 heavy (non-hydrogen) atoms. The molecule has 1 aromatic heterocycles. The standard InChI is InChI=1S/C23H28FN3O5/c1-12-8-17(12)27-11-15(22(31)32)20(29)14-9-16(24)19(21(30)18(14)27)26-6-2-13(10-26)23(3-4-23)25-5-7-28/h9,11-13,17,25,28,30H,2-8,10H2,1H3,(H,31,32)/t12-,13?,17?/m0/s1. The molecule has 3 atom stereocenters. The first-order valence-electron chi connectivity index (χ1n) is 11.2. The number of aromatic hydroxyl groups is 1. The summed E-state index contributed by atoms with van der Waals surface area (Å²) >= 11 is 0. The lowest BCUT2D eigenvalue weighted by atomic mass is 9.96. The van der Waals surface area contributed by atoms with E-state index in [1.165, 1.54) is 6.20 Å². The monoisotopic (exact) mass is 445 g/mol. The van der Waals surface area contributed by atoms with Gasteiger partial charge in [-0.3, -0.25) is 4.79 Å². The van der Waals surface area contributed by atoms with Crippen LogP contribution in [0.1, 0.15) is 49.0 Å². The molecule has 0 radical (unpaired) electrons. The van der Waals surface area contributed by atoms with Crippen molar-refractivity contribution in [2.45, 2.75) is 44.2 Å². The number of β-amino-alcohol motifs (C(OH)–C–C–N with tert-alkyl or cyclic N) is 1. The number of hydrogen-bond donors (Lipinski definition) is 4. The van der Waals surface area contributed by atoms with Gasteiger partial charge in [-0.25, -0.2) is 9.18 Å². The third-order valence-electron chi connectivity index (χ3n) is 7.53. The summed E-state index contributed by atoms with van der Waals surface area (Å²) in [5.74, 6) is -1.85. The zero-order valence-electron chi connectivity index (χ0n) is 18.0. The van der Waals surface area contributed by atoms with Crippen molar-refractivity contribution in [2.75, 3.05) is 31.1 Å². The zero-order chi connectivity index (χ0) is 22.8. The maximum atomic E-state index is 15.3. The van der Waals surface area contributed by atoms with Gasteiger partial charge in [0.05, 0.1) is 17.5 Å². The van der Waals surface area contributed by atoms with Gasteiger partial charge in [0.15, 0.2) is 11.6 Å². The number of carbonyl (C=O) groups is 1. The molecule has 0 amide bonds. The van der Waals surface area contributed by atoms with Gasteiger partial charge in [-0.15, -0.1) is 0 Å². The van der Waals surface area contributed by atoms with E-state index in [2.05, 4.69) is 5.32 Å². The number of nitrogens with one attached hydrogen (secondary N) is 1. The van der Waals surface area contributed by atoms with Crippen LogP contribution in [0.15, 0.2) is 17.1 Å². The second-order valence-corrected chi connectivity index (χ2v) is 9.55. The predicted molar refractivity (Wildman–Crippen MR) is 117 cm³/mol. The average Bonchev–Trinajstić information content (AvgIpc) is 3.64. The van der Waals surface area contributed by atoms with E-state index >= 15 is 4.39 Å². The van der Waals surface area contributed by atoms with Crippen LogP contribution in [0.3, 0.4) is 0 Å². The first-order valence-corrected chi connectivity index (χ1v) is 11.2. The van der Waals surface area contributed by atoms with Crippen molar-refractivity contribution >= 4 is 22.6 Å². The number of rotatable bonds is 7. The molecule has 3 aliphatic rings. The molecular weight excluding hydrogens is 417 g/mol. The van der Waals surface area contributed by atoms with Gasteiger partial charge in [-0.2, -0.15) is 0 Å². The van der Waals surface area contributed by atoms with E-state index in [4.69, 9.17) is 5.11 Å². The highest BCUT2D eigenvalue weighted by Gasteiger charge is 2.51. The van der Waals surface area contributed by atoms with Crippen LogP contribution in [-0.2, 0) is 0 Å². The van der Waals surface area contributed by atoms with Gasteiger partial charge in [0.1, 0.15) is 11.3 Å². The number of halogens is 1. The van der Waals surface area contributed by atoms with Gasteiger partial charge in [0.2, 0.25) is 5.43 Å². The largest absolute Gasteiger partial charge is 0.504 e. The number of aromatic carboxylic acids is 1. The fourth-order valence-corrected chi connectivity index (χ4v) is 5.45. The van der Waals surface area contributed by atoms with E-state index in [-0.39, 0.29) is 52.4 Å². The van der Waals surface area contributed by atoms with Gasteiger partial charge < -0.3 is 30.1 Å². The van der Waals surface area contributed by atoms with E-state index in [9.17, 15) is 19.8 Å². The number of nitrogens with zero attached hydrogens (tertiary/aromatic N) is 2. The number of aromatic nitrogens is 1. The van der Waals surface area contributed by atoms with Crippen LogP contribution < -0.4 is 15.6 Å². The predicted octanol–water partition coefficient (Wildman–Crippen LogP) is 2.07. The minimum absolute atomic E-state index is 0.0378. The van der Waals surface area contributed by atoms with Gasteiger partial charge in [-0.05, 0) is 43.6 Å². The number of hydrogen-bond acceptors (Lipinski definition) is 6. The second-order valence-electron chi connectivity index (χ2n) is 9.55. The first kappa shape index (κ1) is 21.2. The molecule has 8 nitrogen and oxygen atoms in total. The van der Waals surface area contributed by atoms with E-state index in [0.29, 0.717) is 19.6 Å². The molecule has 9 heteroatoms. The Balaban J connectivity index is 1.57. The molecule has 1 aliphatic heterocycles. The van der Waals surface area contributed by atoms with Crippen LogP contribution in [-0.4, -0.2) is 57.6 Å². The molecular formula is C23H28FN3O5. The number of benzene rings is 1. The minimum atomic E-state index is -1.37. The lowest BCUT2D eigenvalue weighted by molar-refractivity contribution is 0.0694. The Morgan fingerprint density at radius 1 is 1.38 bits per heavy atom. The molecule has 1 saturated heterocycles. The third kappa shape index (κ3) is 3.26. The van der Waals surface area contributed by atoms with Gasteiger partial charge in [-0.1, -0.05) is 6.92 Å². The van der Waals surface area contributed by atoms with Crippen LogP contribution in [0, 0.1) is 17.7 Å². The van der Waals surface area contributed by atoms with Gasteiger partial charge in [0, 0.05) is 37.4 Å². The fourth-order valence-electron chi connectivity index (χ4n) is 5.45. The Hall–Kier alpha value is -2.65. The van der Waals surface area contributed by atoms with Crippen molar-refractivity contribution in [3.63, 3.8) is 0 Å². The molecule has 3 fully saturated rings. The average molecular weight is 445 g/mol. The Labute approximate surface area is 184 Å². The van der Waals surface area contributed by atoms with Crippen LogP contribution in [0.4, 0.5) is 10.1 Å². The quantitative estimate of drug-likeness (QED) is 0.516. The molecule has 4 N–H and O–H groups in total. The molecule has 2 unspecified atom stereocenters. The summed E-state index contributed by atoms with van der Waals surface area (Å²) in [5, 5.41) is 33.1. The summed E-state index contributed by atoms with van der Waals surface area (Å²) in [6, 6.07) is 1.04. The maximum absolute atomic E-state index is 15.3. The smallest absolute Gasteiger partial charge is 0.341 e. The van der Waals surface area contributed by atoms with Gasteiger partial charge >= 0.3 is 5.97 Å². The summed E-state index contributed by atoms with van der Waals surface area (Å²) in [6.45, 7) is 3.72. The zero-order valence-corrected chi connectivity index (χ0v) is 18.0. The Kier molecular flexibility index (Phi) is 4.94. The van der Waals surface area contributed by atoms with Crippen LogP contribution in [0.2, 0.25) is 0 Å². The summed E-state index contributed by atoms with van der Waals surface area (Å²) in [4.78, 5) is 26.2. The third-order valence-corrected chi connectivity index (χ3v) is 7.53. The van der Waals surface area contributed by atoms with Crippen molar-refractivity contribution in [2.24, 2.45) is 11.8 Å². The van der Waals surface area contributed by atoms with Crippen molar-refractivity contribution in [1.82, 2.24) is 9.88 Å². The molecule has 2 saturated carbocycles. The summed E-state index contributed by atoms with van der Waals surface area (Å²) in [6.07, 6.45) is 4.94. The first-order chi connectivity index (χ1) is 15.3. The number of aliphatic hydroxyl groups excluding tert-OH is 1. The molecule has 1 aromatic carbocycles. The molecule has 2 aliphatic carbocycles. The summed E-state index contributed by atoms with van der Waals surface area (Å²) in [7, 11) is 0. The molecule has 2 aromatic rings. The van der Waals surface area contributed by atoms with Crippen molar-refractivity contribution < 1.29 is 24.5 Å². The number of pyridine rings is 1. The SMILES string of the molecule is C[C@H]1CC1n1cc(C(=O)O)c(=O)c2cc(F)c(N3CCC(C4(NCCO)CC4)C3)c(O)c21. The Morgan fingerprint density at radius 3 is 2.69 bits per heavy atom. The van der Waals surface area contributed by atoms with Crippen molar-refractivity contribution in [1.29, 1.82) is 0 Å². The fraction of sp³-hybridized carbons (Fsp3) is 0.565. The van der Waals surface area contributed by atoms with E-state index in [0.717, 1.165) is 31.7 Å². The number of carboxylic acids is 1. The number of phenols is 1. The highest BCUT2D eigenvalue weighted by molar-refractivity contribution is 5.97. The molecule has 5 rings (SSSR count). The molecule has 0 spiro atoms. The Bertz CT molecular complexity index is 1160. The number of carboxylic acid groups (broad SMARTS) is 1. The number of fused-ring (bicyclic) bond motifs is 1. The highest BCUT2D eigenvalue weighted by atomic mass is 19.1. The summed E-state index contributed by atoms with van der Waals surface area (Å²) < 4.78 is 16.9. The Morgan fingerprint density at radius 2 is 2.09 bits per heavy atom. The summed E-state index contributed by atoms with van der Waals surface area (Å²) in [5.41, 5.74) is -0.976. The normalized spacial score (nSPS) is 26.0. The van der Waals surface area contributed by atoms with Crippen LogP contribution >= 0.6 is 0 Å². The van der Waals surface area contributed by atoms with E-state index < -0.39 is 22.8 Å². The number of anilines is 1. The topological polar surface area (TPSA) is 115 Å². The van der Waals surface area contributed by atoms with Crippen LogP contribution in [0.5, 0.6) is 5.75 Å². The van der Waals surface area contributed by atoms with Crippen molar-refractivity contribution in [3.8, 4) is 5.75 Å². The highest BCUT2D eigenvalue weighted by Crippen LogP contribution is 2.50.